The standard InChI is InChI=1S/C15H20ClNO4/c1-2-17(10-9-15(19)20)14(18)8-5-11-21-13-7-4-3-6-12(13)16/h3-4,6-7H,2,5,8-11H2,1H3,(H,19,20). The molecule has 0 aliphatic rings. The lowest BCUT2D eigenvalue weighted by Crippen LogP contribution is -2.32. The van der Waals surface area contributed by atoms with Crippen molar-refractivity contribution < 1.29 is 19.4 Å². The second-order valence-corrected chi connectivity index (χ2v) is 4.91. The van der Waals surface area contributed by atoms with E-state index in [-0.39, 0.29) is 18.9 Å². The van der Waals surface area contributed by atoms with Crippen molar-refractivity contribution in [1.82, 2.24) is 4.90 Å². The van der Waals surface area contributed by atoms with Gasteiger partial charge in [-0.15, -0.1) is 0 Å². The molecule has 0 spiro atoms. The molecule has 5 nitrogen and oxygen atoms in total. The Morgan fingerprint density at radius 3 is 2.62 bits per heavy atom. The highest BCUT2D eigenvalue weighted by Gasteiger charge is 2.12. The number of nitrogens with zero attached hydrogens (tertiary/aromatic N) is 1. The van der Waals surface area contributed by atoms with Crippen LogP contribution < -0.4 is 4.74 Å². The number of carboxylic acid groups (broad SMARTS) is 1. The number of halogens is 1. The summed E-state index contributed by atoms with van der Waals surface area (Å²) in [5.74, 6) is -0.352. The van der Waals surface area contributed by atoms with Crippen LogP contribution in [-0.4, -0.2) is 41.6 Å². The molecule has 1 rings (SSSR count). The summed E-state index contributed by atoms with van der Waals surface area (Å²) >= 11 is 5.95. The summed E-state index contributed by atoms with van der Waals surface area (Å²) in [7, 11) is 0. The molecule has 0 aliphatic carbocycles. The first kappa shape index (κ1) is 17.3. The minimum absolute atomic E-state index is 0.0320. The molecule has 0 bridgehead atoms. The Morgan fingerprint density at radius 1 is 1.29 bits per heavy atom. The normalized spacial score (nSPS) is 10.2. The van der Waals surface area contributed by atoms with Crippen LogP contribution >= 0.6 is 11.6 Å². The molecule has 0 saturated heterocycles. The van der Waals surface area contributed by atoms with Crippen molar-refractivity contribution in [1.29, 1.82) is 0 Å². The van der Waals surface area contributed by atoms with Gasteiger partial charge in [0.1, 0.15) is 5.75 Å². The lowest BCUT2D eigenvalue weighted by molar-refractivity contribution is -0.138. The summed E-state index contributed by atoms with van der Waals surface area (Å²) in [5, 5.41) is 9.18. The van der Waals surface area contributed by atoms with Crippen LogP contribution in [0.1, 0.15) is 26.2 Å². The van der Waals surface area contributed by atoms with Gasteiger partial charge in [-0.3, -0.25) is 9.59 Å². The number of rotatable bonds is 9. The maximum absolute atomic E-state index is 11.9. The van der Waals surface area contributed by atoms with Crippen LogP contribution in [0.15, 0.2) is 24.3 Å². The molecular formula is C15H20ClNO4. The summed E-state index contributed by atoms with van der Waals surface area (Å²) in [6.07, 6.45) is 0.862. The molecule has 1 amide bonds. The third-order valence-corrected chi connectivity index (χ3v) is 3.27. The molecule has 0 aromatic heterocycles. The van der Waals surface area contributed by atoms with Crippen LogP contribution in [0.3, 0.4) is 0 Å². The zero-order valence-corrected chi connectivity index (χ0v) is 12.8. The lowest BCUT2D eigenvalue weighted by atomic mass is 10.2. The molecule has 0 unspecified atom stereocenters. The molecule has 6 heteroatoms. The van der Waals surface area contributed by atoms with Gasteiger partial charge in [0.2, 0.25) is 5.91 Å². The molecule has 1 aromatic carbocycles. The van der Waals surface area contributed by atoms with E-state index >= 15 is 0 Å². The number of benzene rings is 1. The smallest absolute Gasteiger partial charge is 0.305 e. The minimum Gasteiger partial charge on any atom is -0.492 e. The molecule has 0 heterocycles. The van der Waals surface area contributed by atoms with Gasteiger partial charge in [0.05, 0.1) is 18.1 Å². The van der Waals surface area contributed by atoms with Crippen molar-refractivity contribution in [2.75, 3.05) is 19.7 Å². The maximum Gasteiger partial charge on any atom is 0.305 e. The number of amides is 1. The van der Waals surface area contributed by atoms with E-state index in [2.05, 4.69) is 0 Å². The van der Waals surface area contributed by atoms with Crippen LogP contribution in [0.5, 0.6) is 5.75 Å². The topological polar surface area (TPSA) is 66.8 Å². The van der Waals surface area contributed by atoms with Gasteiger partial charge in [-0.1, -0.05) is 23.7 Å². The van der Waals surface area contributed by atoms with Crippen molar-refractivity contribution >= 4 is 23.5 Å². The van der Waals surface area contributed by atoms with Gasteiger partial charge in [-0.2, -0.15) is 0 Å². The number of carbonyl (C=O) groups excluding carboxylic acids is 1. The van der Waals surface area contributed by atoms with E-state index < -0.39 is 5.97 Å². The fraction of sp³-hybridized carbons (Fsp3) is 0.467. The van der Waals surface area contributed by atoms with Crippen molar-refractivity contribution in [2.45, 2.75) is 26.2 Å². The fourth-order valence-electron chi connectivity index (χ4n) is 1.82. The Labute approximate surface area is 129 Å². The van der Waals surface area contributed by atoms with Gasteiger partial charge in [0, 0.05) is 19.5 Å². The highest BCUT2D eigenvalue weighted by atomic mass is 35.5. The van der Waals surface area contributed by atoms with Gasteiger partial charge >= 0.3 is 5.97 Å². The zero-order chi connectivity index (χ0) is 15.7. The predicted octanol–water partition coefficient (Wildman–Crippen LogP) is 2.82. The van der Waals surface area contributed by atoms with E-state index in [1.165, 1.54) is 0 Å². The second kappa shape index (κ2) is 9.23. The predicted molar refractivity (Wildman–Crippen MR) is 80.7 cm³/mol. The minimum atomic E-state index is -0.900. The Morgan fingerprint density at radius 2 is 2.00 bits per heavy atom. The second-order valence-electron chi connectivity index (χ2n) is 4.50. The monoisotopic (exact) mass is 313 g/mol. The SMILES string of the molecule is CCN(CCC(=O)O)C(=O)CCCOc1ccccc1Cl. The van der Waals surface area contributed by atoms with E-state index in [1.807, 2.05) is 19.1 Å². The largest absolute Gasteiger partial charge is 0.492 e. The van der Waals surface area contributed by atoms with Gasteiger partial charge in [-0.05, 0) is 25.5 Å². The lowest BCUT2D eigenvalue weighted by Gasteiger charge is -2.20. The first-order valence-electron chi connectivity index (χ1n) is 6.91. The third kappa shape index (κ3) is 6.49. The van der Waals surface area contributed by atoms with Gasteiger partial charge < -0.3 is 14.7 Å². The van der Waals surface area contributed by atoms with E-state index in [0.29, 0.717) is 36.8 Å². The number of hydrogen-bond acceptors (Lipinski definition) is 3. The maximum atomic E-state index is 11.9. The van der Waals surface area contributed by atoms with Gasteiger partial charge in [-0.25, -0.2) is 0 Å². The Kier molecular flexibility index (Phi) is 7.61. The van der Waals surface area contributed by atoms with Crippen LogP contribution in [0, 0.1) is 0 Å². The Balaban J connectivity index is 2.29. The fourth-order valence-corrected chi connectivity index (χ4v) is 2.01. The molecule has 1 aromatic rings. The molecule has 21 heavy (non-hydrogen) atoms. The average Bonchev–Trinajstić information content (AvgIpc) is 2.45. The number of carbonyl (C=O) groups is 2. The van der Waals surface area contributed by atoms with Crippen molar-refractivity contribution in [3.8, 4) is 5.75 Å². The number of para-hydroxylation sites is 1. The Hall–Kier alpha value is -1.75. The summed E-state index contributed by atoms with van der Waals surface area (Å²) in [5.41, 5.74) is 0. The van der Waals surface area contributed by atoms with Crippen LogP contribution in [0.2, 0.25) is 5.02 Å². The van der Waals surface area contributed by atoms with Crippen LogP contribution in [0.4, 0.5) is 0 Å². The molecular weight excluding hydrogens is 294 g/mol. The Bertz CT molecular complexity index is 478. The molecule has 116 valence electrons. The number of carboxylic acids is 1. The first-order chi connectivity index (χ1) is 10.0. The van der Waals surface area contributed by atoms with Gasteiger partial charge in [0.15, 0.2) is 0 Å². The number of hydrogen-bond donors (Lipinski definition) is 1. The summed E-state index contributed by atoms with van der Waals surface area (Å²) in [6.45, 7) is 2.99. The molecule has 0 radical (unpaired) electrons. The molecule has 0 atom stereocenters. The summed E-state index contributed by atoms with van der Waals surface area (Å²) in [6, 6.07) is 7.17. The molecule has 0 aliphatic heterocycles. The van der Waals surface area contributed by atoms with Crippen molar-refractivity contribution in [3.05, 3.63) is 29.3 Å². The first-order valence-corrected chi connectivity index (χ1v) is 7.29. The summed E-state index contributed by atoms with van der Waals surface area (Å²) < 4.78 is 5.50. The van der Waals surface area contributed by atoms with Crippen molar-refractivity contribution in [3.63, 3.8) is 0 Å². The molecule has 0 saturated carbocycles. The van der Waals surface area contributed by atoms with Crippen molar-refractivity contribution in [2.24, 2.45) is 0 Å². The number of aliphatic carboxylic acids is 1. The molecule has 1 N–H and O–H groups in total. The average molecular weight is 314 g/mol. The van der Waals surface area contributed by atoms with E-state index in [4.69, 9.17) is 21.4 Å². The third-order valence-electron chi connectivity index (χ3n) is 2.96. The highest BCUT2D eigenvalue weighted by molar-refractivity contribution is 6.32. The highest BCUT2D eigenvalue weighted by Crippen LogP contribution is 2.23. The summed E-state index contributed by atoms with van der Waals surface area (Å²) in [4.78, 5) is 24.0. The molecule has 0 fully saturated rings. The van der Waals surface area contributed by atoms with E-state index in [0.717, 1.165) is 0 Å². The number of ether oxygens (including phenoxy) is 1. The van der Waals surface area contributed by atoms with Gasteiger partial charge in [0.25, 0.3) is 0 Å². The zero-order valence-electron chi connectivity index (χ0n) is 12.0. The van der Waals surface area contributed by atoms with Crippen LogP contribution in [-0.2, 0) is 9.59 Å². The van der Waals surface area contributed by atoms with E-state index in [1.54, 1.807) is 17.0 Å². The van der Waals surface area contributed by atoms with E-state index in [9.17, 15) is 9.59 Å². The van der Waals surface area contributed by atoms with Crippen LogP contribution in [0.25, 0.3) is 0 Å². The quantitative estimate of drug-likeness (QED) is 0.712.